The third-order valence-electron chi connectivity index (χ3n) is 11.9. The van der Waals surface area contributed by atoms with Crippen LogP contribution in [0.1, 0.15) is 66.9 Å². The highest BCUT2D eigenvalue weighted by molar-refractivity contribution is 6.36. The average Bonchev–Trinajstić information content (AvgIpc) is 3.83. The minimum Gasteiger partial charge on any atom is -0.481 e. The number of aromatic nitrogens is 1. The molecule has 2 aliphatic carbocycles. The number of ether oxygens (including phenoxy) is 2. The molecule has 1 aromatic heterocycles. The first-order valence-electron chi connectivity index (χ1n) is 18.4. The third-order valence-corrected chi connectivity index (χ3v) is 12.6. The zero-order valence-corrected chi connectivity index (χ0v) is 30.9. The summed E-state index contributed by atoms with van der Waals surface area (Å²) < 4.78 is 12.2. The largest absolute Gasteiger partial charge is 0.481 e. The first-order chi connectivity index (χ1) is 25.2. The van der Waals surface area contributed by atoms with Crippen LogP contribution in [0.5, 0.6) is 11.8 Å². The van der Waals surface area contributed by atoms with Gasteiger partial charge in [-0.25, -0.2) is 0 Å². The zero-order valence-electron chi connectivity index (χ0n) is 29.4. The Labute approximate surface area is 314 Å². The van der Waals surface area contributed by atoms with Gasteiger partial charge < -0.3 is 14.8 Å². The van der Waals surface area contributed by atoms with Gasteiger partial charge in [-0.3, -0.25) is 19.4 Å². The highest BCUT2D eigenvalue weighted by Gasteiger charge is 2.48. The molecule has 0 unspecified atom stereocenters. The number of benzene rings is 3. The Kier molecular flexibility index (Phi) is 8.57. The van der Waals surface area contributed by atoms with Crippen molar-refractivity contribution in [3.05, 3.63) is 99.0 Å². The third kappa shape index (κ3) is 6.17. The van der Waals surface area contributed by atoms with Crippen molar-refractivity contribution in [1.82, 2.24) is 20.1 Å². The number of pyridine rings is 1. The van der Waals surface area contributed by atoms with Gasteiger partial charge in [-0.2, -0.15) is 4.98 Å². The van der Waals surface area contributed by atoms with Gasteiger partial charge in [-0.1, -0.05) is 83.9 Å². The van der Waals surface area contributed by atoms with E-state index >= 15 is 0 Å². The predicted molar refractivity (Wildman–Crippen MR) is 202 cm³/mol. The first-order valence-corrected chi connectivity index (χ1v) is 19.1. The lowest BCUT2D eigenvalue weighted by atomic mass is 9.78. The number of nitrogens with one attached hydrogen (secondary N) is 1. The topological polar surface area (TPSA) is 84.0 Å². The predicted octanol–water partition coefficient (Wildman–Crippen LogP) is 7.82. The molecule has 52 heavy (non-hydrogen) atoms. The van der Waals surface area contributed by atoms with Gasteiger partial charge in [0.1, 0.15) is 16.9 Å². The number of nitrogens with zero attached hydrogens (tertiary/aromatic N) is 3. The van der Waals surface area contributed by atoms with E-state index in [1.165, 1.54) is 11.1 Å². The molecule has 1 N–H and O–H groups in total. The van der Waals surface area contributed by atoms with Crippen molar-refractivity contribution in [2.75, 3.05) is 33.3 Å². The van der Waals surface area contributed by atoms with Crippen molar-refractivity contribution in [2.24, 2.45) is 5.41 Å². The first kappa shape index (κ1) is 33.9. The molecule has 9 rings (SSSR count). The van der Waals surface area contributed by atoms with E-state index in [1.807, 2.05) is 6.07 Å². The van der Waals surface area contributed by atoms with E-state index in [9.17, 15) is 9.59 Å². The summed E-state index contributed by atoms with van der Waals surface area (Å²) in [5, 5.41) is 4.32. The quantitative estimate of drug-likeness (QED) is 0.188. The van der Waals surface area contributed by atoms with Crippen LogP contribution < -0.4 is 14.8 Å². The second-order valence-electron chi connectivity index (χ2n) is 15.7. The zero-order chi connectivity index (χ0) is 35.6. The van der Waals surface area contributed by atoms with Gasteiger partial charge in [0, 0.05) is 80.6 Å². The number of ketones is 1. The maximum absolute atomic E-state index is 11.8. The van der Waals surface area contributed by atoms with Gasteiger partial charge in [0.25, 0.3) is 0 Å². The summed E-state index contributed by atoms with van der Waals surface area (Å²) in [4.78, 5) is 33.0. The molecule has 2 spiro atoms. The van der Waals surface area contributed by atoms with Gasteiger partial charge >= 0.3 is 0 Å². The number of fused-ring (bicyclic) bond motifs is 1. The number of hydrogen-bond donors (Lipinski definition) is 1. The molecule has 3 aromatic carbocycles. The molecular formula is C42H42Cl2N4O4. The van der Waals surface area contributed by atoms with Gasteiger partial charge in [-0.15, -0.1) is 0 Å². The van der Waals surface area contributed by atoms with Crippen molar-refractivity contribution in [2.45, 2.75) is 69.7 Å². The summed E-state index contributed by atoms with van der Waals surface area (Å²) >= 11 is 14.0. The van der Waals surface area contributed by atoms with E-state index in [-0.39, 0.29) is 23.0 Å². The van der Waals surface area contributed by atoms with Crippen molar-refractivity contribution >= 4 is 34.9 Å². The van der Waals surface area contributed by atoms with Crippen LogP contribution >= 0.6 is 23.2 Å². The standard InChI is InChI=1S/C42H42Cl2N4O4/c1-51-39-28(21-48-24-42(25-48)17-15-37(50)46-42)18-35(43)40(45-39)52-36-13-12-32-31(5-3-6-33(32)36)34-7-2-4-30(38(34)44)27-10-8-26(9-11-27)20-47-22-41(23-47)16-14-29(49)19-41/h2-11,18,36H,12-17,19-25H2,1H3,(H,46,50)/t36-/m0/s1. The van der Waals surface area contributed by atoms with Crippen LogP contribution in [-0.4, -0.2) is 65.3 Å². The second kappa shape index (κ2) is 13.2. The van der Waals surface area contributed by atoms with Gasteiger partial charge in [0.05, 0.1) is 17.7 Å². The molecule has 4 heterocycles. The molecule has 0 bridgehead atoms. The Bertz CT molecular complexity index is 2070. The fraction of sp³-hybridized carbons (Fsp3) is 0.405. The number of rotatable bonds is 9. The number of likely N-dealkylation sites (tertiary alicyclic amines) is 2. The van der Waals surface area contributed by atoms with Crippen LogP contribution in [0.3, 0.4) is 0 Å². The summed E-state index contributed by atoms with van der Waals surface area (Å²) in [7, 11) is 1.62. The molecule has 4 aromatic rings. The van der Waals surface area contributed by atoms with Crippen LogP contribution in [0.15, 0.2) is 66.7 Å². The fourth-order valence-electron chi connectivity index (χ4n) is 9.46. The molecule has 5 aliphatic rings. The van der Waals surface area contributed by atoms with E-state index in [2.05, 4.69) is 75.8 Å². The minimum atomic E-state index is -0.207. The summed E-state index contributed by atoms with van der Waals surface area (Å²) in [6.07, 6.45) is 5.48. The van der Waals surface area contributed by atoms with E-state index in [0.29, 0.717) is 35.5 Å². The lowest BCUT2D eigenvalue weighted by Crippen LogP contribution is -2.66. The van der Waals surface area contributed by atoms with Crippen LogP contribution in [-0.2, 0) is 29.1 Å². The Balaban J connectivity index is 0.891. The molecule has 268 valence electrons. The molecule has 4 fully saturated rings. The molecule has 1 atom stereocenters. The van der Waals surface area contributed by atoms with Crippen molar-refractivity contribution in [3.8, 4) is 34.0 Å². The molecular weight excluding hydrogens is 695 g/mol. The van der Waals surface area contributed by atoms with Gasteiger partial charge in [0.15, 0.2) is 0 Å². The maximum Gasteiger partial charge on any atom is 0.236 e. The number of carbonyl (C=O) groups is 2. The minimum absolute atomic E-state index is 0.0889. The van der Waals surface area contributed by atoms with Crippen LogP contribution in [0, 0.1) is 5.41 Å². The van der Waals surface area contributed by atoms with Crippen molar-refractivity contribution < 1.29 is 19.1 Å². The lowest BCUT2D eigenvalue weighted by Gasteiger charge is -2.48. The number of hydrogen-bond acceptors (Lipinski definition) is 7. The lowest BCUT2D eigenvalue weighted by molar-refractivity contribution is -0.121. The normalized spacial score (nSPS) is 21.6. The van der Waals surface area contributed by atoms with Gasteiger partial charge in [0.2, 0.25) is 17.7 Å². The van der Waals surface area contributed by atoms with E-state index < -0.39 is 0 Å². The van der Waals surface area contributed by atoms with Crippen LogP contribution in [0.25, 0.3) is 22.3 Å². The average molecular weight is 738 g/mol. The van der Waals surface area contributed by atoms with Crippen molar-refractivity contribution in [1.29, 1.82) is 0 Å². The van der Waals surface area contributed by atoms with E-state index in [4.69, 9.17) is 37.7 Å². The summed E-state index contributed by atoms with van der Waals surface area (Å²) in [6, 6.07) is 23.2. The Morgan fingerprint density at radius 1 is 0.846 bits per heavy atom. The maximum atomic E-state index is 11.8. The van der Waals surface area contributed by atoms with Crippen LogP contribution in [0.2, 0.25) is 10.0 Å². The SMILES string of the molecule is COc1nc(O[C@H]2CCc3c(-c4cccc(-c5ccc(CN6CC7(CCC(=O)C7)C6)cc5)c4Cl)cccc32)c(Cl)cc1CN1CC2(CCC(=O)N2)C1. The molecule has 1 amide bonds. The highest BCUT2D eigenvalue weighted by atomic mass is 35.5. The highest BCUT2D eigenvalue weighted by Crippen LogP contribution is 2.46. The Morgan fingerprint density at radius 3 is 2.33 bits per heavy atom. The summed E-state index contributed by atoms with van der Waals surface area (Å²) in [5.74, 6) is 1.42. The molecule has 1 saturated carbocycles. The molecule has 10 heteroatoms. The Hall–Kier alpha value is -3.95. The van der Waals surface area contributed by atoms with Crippen molar-refractivity contribution in [3.63, 3.8) is 0 Å². The summed E-state index contributed by atoms with van der Waals surface area (Å²) in [5.41, 5.74) is 8.87. The van der Waals surface area contributed by atoms with E-state index in [0.717, 1.165) is 110 Å². The number of amides is 1. The number of Topliss-reactive ketones (excluding diaryl/α,β-unsaturated/α-hetero) is 1. The number of carbonyl (C=O) groups excluding carboxylic acids is 2. The summed E-state index contributed by atoms with van der Waals surface area (Å²) in [6.45, 7) is 5.20. The smallest absolute Gasteiger partial charge is 0.236 e. The van der Waals surface area contributed by atoms with E-state index in [1.54, 1.807) is 7.11 Å². The molecule has 0 radical (unpaired) electrons. The fourth-order valence-corrected chi connectivity index (χ4v) is 10.0. The Morgan fingerprint density at radius 2 is 1.60 bits per heavy atom. The molecule has 3 aliphatic heterocycles. The number of halogens is 2. The monoisotopic (exact) mass is 736 g/mol. The number of methoxy groups -OCH3 is 1. The molecule has 8 nitrogen and oxygen atoms in total. The second-order valence-corrected chi connectivity index (χ2v) is 16.4. The molecule has 3 saturated heterocycles. The van der Waals surface area contributed by atoms with Crippen LogP contribution in [0.4, 0.5) is 0 Å². The van der Waals surface area contributed by atoms with Gasteiger partial charge in [-0.05, 0) is 59.6 Å².